The largest absolute Gasteiger partial charge is 0.507 e. The molecule has 0 saturated heterocycles. The quantitative estimate of drug-likeness (QED) is 0.136. The Morgan fingerprint density at radius 1 is 1.06 bits per heavy atom. The number of carboxylic acid groups (broad SMARTS) is 1. The summed E-state index contributed by atoms with van der Waals surface area (Å²) in [5.74, 6) is -0.219. The van der Waals surface area contributed by atoms with E-state index in [4.69, 9.17) is 10.2 Å². The van der Waals surface area contributed by atoms with Gasteiger partial charge in [-0.3, -0.25) is 14.3 Å². The van der Waals surface area contributed by atoms with Crippen molar-refractivity contribution in [1.29, 1.82) is 0 Å². The highest BCUT2D eigenvalue weighted by Crippen LogP contribution is 2.55. The van der Waals surface area contributed by atoms with Gasteiger partial charge in [0.1, 0.15) is 5.75 Å². The fourth-order valence-electron chi connectivity index (χ4n) is 8.00. The number of aliphatic carboxylic acids is 1. The van der Waals surface area contributed by atoms with Crippen LogP contribution >= 0.6 is 11.8 Å². The molecule has 0 amide bonds. The molecule has 0 spiro atoms. The van der Waals surface area contributed by atoms with Crippen LogP contribution in [-0.4, -0.2) is 65.9 Å². The minimum absolute atomic E-state index is 0.0141. The Balaban J connectivity index is 1.16. The van der Waals surface area contributed by atoms with Crippen molar-refractivity contribution in [2.75, 3.05) is 25.1 Å². The maximum atomic E-state index is 13.8. The summed E-state index contributed by atoms with van der Waals surface area (Å²) >= 11 is 1.66. The molecule has 256 valence electrons. The Kier molecular flexibility index (Phi) is 9.17. The van der Waals surface area contributed by atoms with Crippen molar-refractivity contribution in [1.82, 2.24) is 24.5 Å². The van der Waals surface area contributed by atoms with E-state index in [1.807, 2.05) is 89.9 Å². The van der Waals surface area contributed by atoms with Crippen LogP contribution in [0.15, 0.2) is 71.6 Å². The fraction of sp³-hybridized carbons (Fsp3) is 0.395. The number of phenols is 1. The summed E-state index contributed by atoms with van der Waals surface area (Å²) in [5.41, 5.74) is 5.19. The number of aryl methyl sites for hydroxylation is 2. The number of carbonyl (C=O) groups is 1. The molecule has 10 nitrogen and oxygen atoms in total. The van der Waals surface area contributed by atoms with Crippen molar-refractivity contribution in [3.8, 4) is 5.75 Å². The third-order valence-electron chi connectivity index (χ3n) is 10.2. The number of benzene rings is 3. The lowest BCUT2D eigenvalue weighted by atomic mass is 9.75. The molecule has 2 aromatic heterocycles. The SMILES string of the molecule is CC1c2ccccc2N(CCCO)C1(C(=O)O)c1c(CN(C)Cc2cc(CSc3cc(O)c4ccccc4c3)n(C)n2)nn2c1CCCC2. The number of para-hydroxylation sites is 1. The van der Waals surface area contributed by atoms with E-state index in [1.165, 1.54) is 0 Å². The second-order valence-electron chi connectivity index (χ2n) is 13.4. The van der Waals surface area contributed by atoms with Crippen molar-refractivity contribution in [3.05, 3.63) is 101 Å². The van der Waals surface area contributed by atoms with E-state index in [0.717, 1.165) is 81.1 Å². The maximum Gasteiger partial charge on any atom is 0.335 e. The number of phenolic OH excluding ortho intramolecular Hbond substituents is 1. The van der Waals surface area contributed by atoms with Gasteiger partial charge in [0.05, 0.1) is 11.4 Å². The molecule has 3 aromatic carbocycles. The molecule has 7 rings (SSSR count). The van der Waals surface area contributed by atoms with Crippen LogP contribution in [0, 0.1) is 0 Å². The average molecular weight is 681 g/mol. The zero-order chi connectivity index (χ0) is 34.3. The summed E-state index contributed by atoms with van der Waals surface area (Å²) in [6.45, 7) is 4.26. The molecule has 2 aliphatic rings. The average Bonchev–Trinajstić information content (AvgIpc) is 3.71. The summed E-state index contributed by atoms with van der Waals surface area (Å²) in [7, 11) is 3.99. The van der Waals surface area contributed by atoms with Crippen LogP contribution in [0.25, 0.3) is 10.8 Å². The predicted molar refractivity (Wildman–Crippen MR) is 192 cm³/mol. The van der Waals surface area contributed by atoms with Crippen molar-refractivity contribution in [3.63, 3.8) is 0 Å². The minimum Gasteiger partial charge on any atom is -0.507 e. The van der Waals surface area contributed by atoms with Crippen molar-refractivity contribution < 1.29 is 20.1 Å². The Hall–Kier alpha value is -4.32. The molecular formula is C38H44N6O4S. The number of anilines is 1. The van der Waals surface area contributed by atoms with Crippen LogP contribution in [0.1, 0.15) is 66.0 Å². The van der Waals surface area contributed by atoms with Gasteiger partial charge in [0.15, 0.2) is 5.54 Å². The predicted octanol–water partition coefficient (Wildman–Crippen LogP) is 6.02. The fourth-order valence-corrected chi connectivity index (χ4v) is 8.99. The highest BCUT2D eigenvalue weighted by molar-refractivity contribution is 7.98. The molecular weight excluding hydrogens is 637 g/mol. The van der Waals surface area contributed by atoms with Crippen molar-refractivity contribution in [2.45, 2.75) is 74.3 Å². The van der Waals surface area contributed by atoms with Crippen LogP contribution < -0.4 is 4.90 Å². The van der Waals surface area contributed by atoms with Gasteiger partial charge in [0, 0.05) is 84.4 Å². The second-order valence-corrected chi connectivity index (χ2v) is 14.5. The third kappa shape index (κ3) is 5.87. The molecule has 2 atom stereocenters. The van der Waals surface area contributed by atoms with Crippen LogP contribution in [0.2, 0.25) is 0 Å². The van der Waals surface area contributed by atoms with Gasteiger partial charge in [-0.1, -0.05) is 49.4 Å². The topological polar surface area (TPSA) is 120 Å². The standard InChI is InChI=1S/C38H44N6O4S/c1-25-30-12-6-7-14-33(30)43(16-10-18-45)38(25,37(47)48)36-32(40-44-17-9-8-15-34(36)44)23-41(2)22-27-20-28(42(3)39-27)24-49-29-19-26-11-4-5-13-31(26)35(46)21-29/h4-7,11-14,19-21,25,45-46H,8-10,15-18,22-24H2,1-3H3,(H,47,48). The second kappa shape index (κ2) is 13.5. The van der Waals surface area contributed by atoms with Crippen LogP contribution in [-0.2, 0) is 49.2 Å². The van der Waals surface area contributed by atoms with Crippen LogP contribution in [0.5, 0.6) is 5.75 Å². The summed E-state index contributed by atoms with van der Waals surface area (Å²) in [5, 5.41) is 43.5. The Morgan fingerprint density at radius 3 is 2.67 bits per heavy atom. The van der Waals surface area contributed by atoms with Crippen LogP contribution in [0.3, 0.4) is 0 Å². The first-order valence-electron chi connectivity index (χ1n) is 17.1. The first-order valence-corrected chi connectivity index (χ1v) is 18.1. The summed E-state index contributed by atoms with van der Waals surface area (Å²) in [6.07, 6.45) is 3.27. The smallest absolute Gasteiger partial charge is 0.335 e. The molecule has 3 N–H and O–H groups in total. The van der Waals surface area contributed by atoms with Gasteiger partial charge in [0.2, 0.25) is 0 Å². The number of hydrogen-bond acceptors (Lipinski definition) is 8. The number of carboxylic acids is 1. The first-order chi connectivity index (χ1) is 23.7. The zero-order valence-corrected chi connectivity index (χ0v) is 29.2. The van der Waals surface area contributed by atoms with Crippen molar-refractivity contribution >= 4 is 34.2 Å². The van der Waals surface area contributed by atoms with Crippen molar-refractivity contribution in [2.24, 2.45) is 7.05 Å². The Morgan fingerprint density at radius 2 is 1.86 bits per heavy atom. The number of fused-ring (bicyclic) bond motifs is 3. The lowest BCUT2D eigenvalue weighted by molar-refractivity contribution is -0.144. The lowest BCUT2D eigenvalue weighted by Crippen LogP contribution is -2.53. The van der Waals surface area contributed by atoms with E-state index in [0.29, 0.717) is 31.8 Å². The number of rotatable bonds is 12. The molecule has 0 radical (unpaired) electrons. The molecule has 0 fully saturated rings. The highest BCUT2D eigenvalue weighted by Gasteiger charge is 2.59. The molecule has 4 heterocycles. The molecule has 5 aromatic rings. The number of thioether (sulfide) groups is 1. The normalized spacial score (nSPS) is 18.7. The minimum atomic E-state index is -1.34. The number of aromatic hydroxyl groups is 1. The van der Waals surface area contributed by atoms with Gasteiger partial charge in [0.25, 0.3) is 0 Å². The molecule has 0 bridgehead atoms. The van der Waals surface area contributed by atoms with E-state index < -0.39 is 11.5 Å². The zero-order valence-electron chi connectivity index (χ0n) is 28.3. The first kappa shape index (κ1) is 33.2. The third-order valence-corrected chi connectivity index (χ3v) is 11.2. The van der Waals surface area contributed by atoms with Gasteiger partial charge >= 0.3 is 5.97 Å². The van der Waals surface area contributed by atoms with Crippen LogP contribution in [0.4, 0.5) is 5.69 Å². The summed E-state index contributed by atoms with van der Waals surface area (Å²) in [6, 6.07) is 21.9. The summed E-state index contributed by atoms with van der Waals surface area (Å²) < 4.78 is 3.96. The number of aliphatic hydroxyl groups excluding tert-OH is 1. The molecule has 2 aliphatic heterocycles. The Labute approximate surface area is 291 Å². The lowest BCUT2D eigenvalue weighted by Gasteiger charge is -2.41. The van der Waals surface area contributed by atoms with E-state index in [-0.39, 0.29) is 18.3 Å². The highest BCUT2D eigenvalue weighted by atomic mass is 32.2. The van der Waals surface area contributed by atoms with Gasteiger partial charge in [-0.15, -0.1) is 11.8 Å². The number of aromatic nitrogens is 4. The summed E-state index contributed by atoms with van der Waals surface area (Å²) in [4.78, 5) is 19.0. The van der Waals surface area contributed by atoms with E-state index >= 15 is 0 Å². The van der Waals surface area contributed by atoms with Gasteiger partial charge in [-0.2, -0.15) is 10.2 Å². The van der Waals surface area contributed by atoms with E-state index in [1.54, 1.807) is 11.8 Å². The monoisotopic (exact) mass is 680 g/mol. The molecule has 0 aliphatic carbocycles. The molecule has 11 heteroatoms. The molecule has 0 saturated carbocycles. The van der Waals surface area contributed by atoms with E-state index in [2.05, 4.69) is 17.0 Å². The number of nitrogens with zero attached hydrogens (tertiary/aromatic N) is 6. The Bertz CT molecular complexity index is 2010. The molecule has 2 unspecified atom stereocenters. The maximum absolute atomic E-state index is 13.8. The van der Waals surface area contributed by atoms with Gasteiger partial charge in [-0.25, -0.2) is 4.79 Å². The van der Waals surface area contributed by atoms with Gasteiger partial charge < -0.3 is 20.2 Å². The number of hydrogen-bond donors (Lipinski definition) is 3. The molecule has 49 heavy (non-hydrogen) atoms. The number of aliphatic hydroxyl groups is 1. The van der Waals surface area contributed by atoms with E-state index in [9.17, 15) is 20.1 Å². The van der Waals surface area contributed by atoms with Gasteiger partial charge in [-0.05, 0) is 67.9 Å².